The van der Waals surface area contributed by atoms with Crippen LogP contribution in [0.3, 0.4) is 0 Å². The molecule has 2 nitrogen and oxygen atoms in total. The van der Waals surface area contributed by atoms with Gasteiger partial charge in [0.15, 0.2) is 0 Å². The van der Waals surface area contributed by atoms with Gasteiger partial charge in [0.05, 0.1) is 0 Å². The topological polar surface area (TPSA) is 38.9 Å². The van der Waals surface area contributed by atoms with Gasteiger partial charge in [-0.15, -0.1) is 0 Å². The molecule has 0 radical (unpaired) electrons. The second kappa shape index (κ2) is 6.07. The minimum atomic E-state index is 0.0350. The number of hydrogen-bond acceptors (Lipinski definition) is 3. The Hall–Kier alpha value is -0.840. The van der Waals surface area contributed by atoms with Gasteiger partial charge in [0.1, 0.15) is 5.03 Å². The molecule has 0 fully saturated rings. The van der Waals surface area contributed by atoms with Crippen molar-refractivity contribution in [2.24, 2.45) is 5.73 Å². The standard InChI is InChI=1S/C15H17BrN2S/c1-9-6-10(2)18-15(7-9)19-12-4-5-13(11(3)17)14(16)8-12/h4-8,11H,17H2,1-3H3/t11-/m0/s1. The van der Waals surface area contributed by atoms with Crippen molar-refractivity contribution >= 4 is 27.7 Å². The van der Waals surface area contributed by atoms with Crippen LogP contribution in [0.5, 0.6) is 0 Å². The van der Waals surface area contributed by atoms with E-state index in [1.54, 1.807) is 11.8 Å². The van der Waals surface area contributed by atoms with Crippen LogP contribution in [0.1, 0.15) is 29.8 Å². The zero-order valence-corrected chi connectivity index (χ0v) is 13.7. The van der Waals surface area contributed by atoms with Crippen LogP contribution in [-0.4, -0.2) is 4.98 Å². The van der Waals surface area contributed by atoms with E-state index < -0.39 is 0 Å². The van der Waals surface area contributed by atoms with E-state index in [0.717, 1.165) is 25.7 Å². The molecular weight excluding hydrogens is 320 g/mol. The summed E-state index contributed by atoms with van der Waals surface area (Å²) >= 11 is 5.24. The first-order chi connectivity index (χ1) is 8.95. The summed E-state index contributed by atoms with van der Waals surface area (Å²) in [6, 6.07) is 10.5. The van der Waals surface area contributed by atoms with E-state index >= 15 is 0 Å². The highest BCUT2D eigenvalue weighted by atomic mass is 79.9. The number of nitrogens with two attached hydrogens (primary N) is 1. The van der Waals surface area contributed by atoms with Gasteiger partial charge in [-0.25, -0.2) is 4.98 Å². The van der Waals surface area contributed by atoms with E-state index in [4.69, 9.17) is 5.73 Å². The summed E-state index contributed by atoms with van der Waals surface area (Å²) in [5, 5.41) is 1.03. The number of rotatable bonds is 3. The Labute approximate surface area is 126 Å². The summed E-state index contributed by atoms with van der Waals surface area (Å²) in [4.78, 5) is 5.70. The molecule has 2 rings (SSSR count). The van der Waals surface area contributed by atoms with E-state index in [1.165, 1.54) is 5.56 Å². The van der Waals surface area contributed by atoms with Crippen LogP contribution in [0.4, 0.5) is 0 Å². The molecule has 2 N–H and O–H groups in total. The number of pyridine rings is 1. The van der Waals surface area contributed by atoms with Crippen LogP contribution in [0.2, 0.25) is 0 Å². The Morgan fingerprint density at radius 1 is 1.21 bits per heavy atom. The van der Waals surface area contributed by atoms with Crippen molar-refractivity contribution in [2.75, 3.05) is 0 Å². The van der Waals surface area contributed by atoms with Crippen molar-refractivity contribution < 1.29 is 0 Å². The lowest BCUT2D eigenvalue weighted by Gasteiger charge is -2.10. The van der Waals surface area contributed by atoms with E-state index in [-0.39, 0.29) is 6.04 Å². The fraction of sp³-hybridized carbons (Fsp3) is 0.267. The first-order valence-electron chi connectivity index (χ1n) is 6.14. The van der Waals surface area contributed by atoms with Crippen molar-refractivity contribution in [3.05, 3.63) is 51.6 Å². The molecule has 0 spiro atoms. The van der Waals surface area contributed by atoms with Gasteiger partial charge >= 0.3 is 0 Å². The number of halogens is 1. The average Bonchev–Trinajstić information content (AvgIpc) is 2.26. The normalized spacial score (nSPS) is 12.5. The Bertz CT molecular complexity index is 576. The first-order valence-corrected chi connectivity index (χ1v) is 7.75. The van der Waals surface area contributed by atoms with Gasteiger partial charge in [-0.05, 0) is 56.2 Å². The van der Waals surface area contributed by atoms with Gasteiger partial charge < -0.3 is 5.73 Å². The third kappa shape index (κ3) is 3.81. The fourth-order valence-electron chi connectivity index (χ4n) is 1.92. The Morgan fingerprint density at radius 2 is 1.95 bits per heavy atom. The number of nitrogens with zero attached hydrogens (tertiary/aromatic N) is 1. The summed E-state index contributed by atoms with van der Waals surface area (Å²) in [6.07, 6.45) is 0. The van der Waals surface area contributed by atoms with Crippen LogP contribution in [0, 0.1) is 13.8 Å². The largest absolute Gasteiger partial charge is 0.324 e. The van der Waals surface area contributed by atoms with Crippen LogP contribution >= 0.6 is 27.7 Å². The van der Waals surface area contributed by atoms with Gasteiger partial charge in [-0.1, -0.05) is 33.8 Å². The predicted octanol–water partition coefficient (Wildman–Crippen LogP) is 4.63. The number of aromatic nitrogens is 1. The molecule has 19 heavy (non-hydrogen) atoms. The summed E-state index contributed by atoms with van der Waals surface area (Å²) in [6.45, 7) is 6.10. The molecule has 0 saturated carbocycles. The molecule has 1 atom stereocenters. The van der Waals surface area contributed by atoms with E-state index in [1.807, 2.05) is 13.8 Å². The maximum atomic E-state index is 5.91. The summed E-state index contributed by atoms with van der Waals surface area (Å²) in [7, 11) is 0. The molecule has 0 saturated heterocycles. The van der Waals surface area contributed by atoms with Crippen molar-refractivity contribution in [1.29, 1.82) is 0 Å². The molecule has 100 valence electrons. The van der Waals surface area contributed by atoms with Crippen molar-refractivity contribution in [3.8, 4) is 0 Å². The lowest BCUT2D eigenvalue weighted by Crippen LogP contribution is -2.05. The molecular formula is C15H17BrN2S. The third-order valence-corrected chi connectivity index (χ3v) is 4.35. The molecule has 2 aromatic rings. The maximum absolute atomic E-state index is 5.91. The first kappa shape index (κ1) is 14.6. The predicted molar refractivity (Wildman–Crippen MR) is 84.6 cm³/mol. The van der Waals surface area contributed by atoms with Crippen molar-refractivity contribution in [1.82, 2.24) is 4.98 Å². The highest BCUT2D eigenvalue weighted by molar-refractivity contribution is 9.10. The second-order valence-corrected chi connectivity index (χ2v) is 6.65. The summed E-state index contributed by atoms with van der Waals surface area (Å²) < 4.78 is 1.05. The second-order valence-electron chi connectivity index (χ2n) is 4.70. The number of hydrogen-bond donors (Lipinski definition) is 1. The highest BCUT2D eigenvalue weighted by Crippen LogP contribution is 2.32. The minimum absolute atomic E-state index is 0.0350. The minimum Gasteiger partial charge on any atom is -0.324 e. The van der Waals surface area contributed by atoms with Crippen molar-refractivity contribution in [2.45, 2.75) is 36.7 Å². The van der Waals surface area contributed by atoms with E-state index in [0.29, 0.717) is 0 Å². The van der Waals surface area contributed by atoms with Gasteiger partial charge in [0, 0.05) is 21.1 Å². The Kier molecular flexibility index (Phi) is 4.66. The zero-order valence-electron chi connectivity index (χ0n) is 11.3. The molecule has 1 aromatic carbocycles. The Balaban J connectivity index is 2.26. The van der Waals surface area contributed by atoms with Crippen LogP contribution in [-0.2, 0) is 0 Å². The molecule has 0 aliphatic carbocycles. The van der Waals surface area contributed by atoms with Crippen molar-refractivity contribution in [3.63, 3.8) is 0 Å². The third-order valence-electron chi connectivity index (χ3n) is 2.76. The lowest BCUT2D eigenvalue weighted by molar-refractivity contribution is 0.811. The Morgan fingerprint density at radius 3 is 2.53 bits per heavy atom. The molecule has 1 aromatic heterocycles. The molecule has 4 heteroatoms. The molecule has 0 unspecified atom stereocenters. The molecule has 1 heterocycles. The van der Waals surface area contributed by atoms with Crippen LogP contribution < -0.4 is 5.73 Å². The van der Waals surface area contributed by atoms with Crippen LogP contribution in [0.25, 0.3) is 0 Å². The fourth-order valence-corrected chi connectivity index (χ4v) is 3.80. The van der Waals surface area contributed by atoms with Crippen LogP contribution in [0.15, 0.2) is 44.7 Å². The molecule has 0 bridgehead atoms. The smallest absolute Gasteiger partial charge is 0.101 e. The average molecular weight is 337 g/mol. The van der Waals surface area contributed by atoms with Gasteiger partial charge in [-0.3, -0.25) is 0 Å². The van der Waals surface area contributed by atoms with E-state index in [9.17, 15) is 0 Å². The lowest BCUT2D eigenvalue weighted by atomic mass is 10.1. The van der Waals surface area contributed by atoms with Gasteiger partial charge in [0.2, 0.25) is 0 Å². The molecule has 0 amide bonds. The zero-order chi connectivity index (χ0) is 14.0. The monoisotopic (exact) mass is 336 g/mol. The SMILES string of the molecule is Cc1cc(C)nc(Sc2ccc([C@H](C)N)c(Br)c2)c1. The maximum Gasteiger partial charge on any atom is 0.101 e. The number of benzene rings is 1. The van der Waals surface area contributed by atoms with Gasteiger partial charge in [-0.2, -0.15) is 0 Å². The van der Waals surface area contributed by atoms with E-state index in [2.05, 4.69) is 58.2 Å². The highest BCUT2D eigenvalue weighted by Gasteiger charge is 2.07. The van der Waals surface area contributed by atoms with Gasteiger partial charge in [0.25, 0.3) is 0 Å². The molecule has 0 aliphatic rings. The summed E-state index contributed by atoms with van der Waals surface area (Å²) in [5.74, 6) is 0. The quantitative estimate of drug-likeness (QED) is 0.887. The number of aryl methyl sites for hydroxylation is 2. The summed E-state index contributed by atoms with van der Waals surface area (Å²) in [5.41, 5.74) is 9.32. The molecule has 0 aliphatic heterocycles.